The molecule has 1 rings (SSSR count). The van der Waals surface area contributed by atoms with Gasteiger partial charge in [0.15, 0.2) is 0 Å². The molecule has 0 saturated carbocycles. The predicted molar refractivity (Wildman–Crippen MR) is 69.5 cm³/mol. The lowest BCUT2D eigenvalue weighted by Crippen LogP contribution is -2.51. The average Bonchev–Trinajstić information content (AvgIpc) is 2.38. The molecule has 0 unspecified atom stereocenters. The summed E-state index contributed by atoms with van der Waals surface area (Å²) in [6.45, 7) is 4.59. The summed E-state index contributed by atoms with van der Waals surface area (Å²) < 4.78 is 0. The molecular formula is C13H22N2O4. The zero-order chi connectivity index (χ0) is 14.6. The Labute approximate surface area is 113 Å². The van der Waals surface area contributed by atoms with E-state index in [4.69, 9.17) is 0 Å². The van der Waals surface area contributed by atoms with Crippen LogP contribution in [0.15, 0.2) is 0 Å². The van der Waals surface area contributed by atoms with Gasteiger partial charge in [-0.3, -0.25) is 14.4 Å². The fourth-order valence-corrected chi connectivity index (χ4v) is 2.25. The van der Waals surface area contributed by atoms with E-state index < -0.39 is 11.4 Å². The second kappa shape index (κ2) is 6.04. The first-order valence-electron chi connectivity index (χ1n) is 6.61. The van der Waals surface area contributed by atoms with Crippen molar-refractivity contribution in [3.8, 4) is 0 Å². The molecule has 0 aromatic rings. The van der Waals surface area contributed by atoms with E-state index in [1.54, 1.807) is 25.8 Å². The molecule has 0 atom stereocenters. The first kappa shape index (κ1) is 15.5. The van der Waals surface area contributed by atoms with Gasteiger partial charge in [-0.15, -0.1) is 0 Å². The van der Waals surface area contributed by atoms with Crippen LogP contribution in [0.4, 0.5) is 0 Å². The van der Waals surface area contributed by atoms with E-state index >= 15 is 0 Å². The SMILES string of the molecule is CCC(CC)(CC(=O)N1CCN(C)C(=O)C1)C(=O)O. The number of carboxylic acids is 1. The van der Waals surface area contributed by atoms with Gasteiger partial charge in [0, 0.05) is 26.6 Å². The second-order valence-corrected chi connectivity index (χ2v) is 5.10. The van der Waals surface area contributed by atoms with Crippen LogP contribution in [0.25, 0.3) is 0 Å². The minimum Gasteiger partial charge on any atom is -0.481 e. The van der Waals surface area contributed by atoms with Crippen LogP contribution in [-0.2, 0) is 14.4 Å². The van der Waals surface area contributed by atoms with Gasteiger partial charge in [0.05, 0.1) is 12.0 Å². The third kappa shape index (κ3) is 3.24. The molecule has 1 aliphatic rings. The van der Waals surface area contributed by atoms with E-state index in [0.29, 0.717) is 25.9 Å². The number of hydrogen-bond donors (Lipinski definition) is 1. The number of hydrogen-bond acceptors (Lipinski definition) is 3. The first-order valence-corrected chi connectivity index (χ1v) is 6.61. The largest absolute Gasteiger partial charge is 0.481 e. The fourth-order valence-electron chi connectivity index (χ4n) is 2.25. The Hall–Kier alpha value is -1.59. The third-order valence-corrected chi connectivity index (χ3v) is 4.11. The van der Waals surface area contributed by atoms with Crippen molar-refractivity contribution in [3.05, 3.63) is 0 Å². The number of rotatable bonds is 5. The van der Waals surface area contributed by atoms with E-state index in [1.807, 2.05) is 0 Å². The maximum Gasteiger partial charge on any atom is 0.310 e. The first-order chi connectivity index (χ1) is 8.86. The van der Waals surface area contributed by atoms with E-state index in [-0.39, 0.29) is 24.8 Å². The Morgan fingerprint density at radius 2 is 1.84 bits per heavy atom. The van der Waals surface area contributed by atoms with Gasteiger partial charge in [0.1, 0.15) is 0 Å². The van der Waals surface area contributed by atoms with E-state index in [1.165, 1.54) is 4.90 Å². The van der Waals surface area contributed by atoms with Gasteiger partial charge in [-0.1, -0.05) is 13.8 Å². The number of likely N-dealkylation sites (N-methyl/N-ethyl adjacent to an activating group) is 1. The molecule has 19 heavy (non-hydrogen) atoms. The van der Waals surface area contributed by atoms with Crippen LogP contribution in [0.1, 0.15) is 33.1 Å². The van der Waals surface area contributed by atoms with Crippen LogP contribution in [0.2, 0.25) is 0 Å². The van der Waals surface area contributed by atoms with Gasteiger partial charge in [-0.05, 0) is 12.8 Å². The number of aliphatic carboxylic acids is 1. The molecule has 0 aromatic heterocycles. The van der Waals surface area contributed by atoms with Gasteiger partial charge in [0.25, 0.3) is 0 Å². The standard InChI is InChI=1S/C13H22N2O4/c1-4-13(5-2,12(18)19)8-10(16)15-7-6-14(3)11(17)9-15/h4-9H2,1-3H3,(H,18,19). The van der Waals surface area contributed by atoms with Crippen LogP contribution in [0.5, 0.6) is 0 Å². The molecule has 1 aliphatic heterocycles. The van der Waals surface area contributed by atoms with Crippen LogP contribution in [0.3, 0.4) is 0 Å². The van der Waals surface area contributed by atoms with Gasteiger partial charge >= 0.3 is 5.97 Å². The fraction of sp³-hybridized carbons (Fsp3) is 0.769. The summed E-state index contributed by atoms with van der Waals surface area (Å²) in [4.78, 5) is 38.2. The molecule has 1 N–H and O–H groups in total. The topological polar surface area (TPSA) is 77.9 Å². The summed E-state index contributed by atoms with van der Waals surface area (Å²) in [5.41, 5.74) is -1.01. The predicted octanol–water partition coefficient (Wildman–Crippen LogP) is 0.568. The van der Waals surface area contributed by atoms with Gasteiger partial charge in [0.2, 0.25) is 11.8 Å². The molecule has 1 saturated heterocycles. The molecule has 2 amide bonds. The summed E-state index contributed by atoms with van der Waals surface area (Å²) in [5.74, 6) is -1.28. The van der Waals surface area contributed by atoms with Crippen molar-refractivity contribution in [1.82, 2.24) is 9.80 Å². The van der Waals surface area contributed by atoms with Gasteiger partial charge < -0.3 is 14.9 Å². The lowest BCUT2D eigenvalue weighted by atomic mass is 9.79. The van der Waals surface area contributed by atoms with E-state index in [2.05, 4.69) is 0 Å². The third-order valence-electron chi connectivity index (χ3n) is 4.11. The van der Waals surface area contributed by atoms with Gasteiger partial charge in [-0.25, -0.2) is 0 Å². The van der Waals surface area contributed by atoms with E-state index in [0.717, 1.165) is 0 Å². The Balaban J connectivity index is 2.73. The summed E-state index contributed by atoms with van der Waals surface area (Å²) in [6.07, 6.45) is 0.783. The molecule has 6 nitrogen and oxygen atoms in total. The number of carboxylic acid groups (broad SMARTS) is 1. The molecule has 0 spiro atoms. The highest BCUT2D eigenvalue weighted by Crippen LogP contribution is 2.31. The highest BCUT2D eigenvalue weighted by molar-refractivity contribution is 5.89. The van der Waals surface area contributed by atoms with Crippen molar-refractivity contribution < 1.29 is 19.5 Å². The molecular weight excluding hydrogens is 248 g/mol. The van der Waals surface area contributed by atoms with Crippen molar-refractivity contribution in [1.29, 1.82) is 0 Å². The van der Waals surface area contributed by atoms with Crippen molar-refractivity contribution in [3.63, 3.8) is 0 Å². The number of amides is 2. The quantitative estimate of drug-likeness (QED) is 0.792. The lowest BCUT2D eigenvalue weighted by Gasteiger charge is -2.34. The number of carbonyl (C=O) groups is 3. The van der Waals surface area contributed by atoms with Crippen LogP contribution >= 0.6 is 0 Å². The van der Waals surface area contributed by atoms with Gasteiger partial charge in [-0.2, -0.15) is 0 Å². The molecule has 0 radical (unpaired) electrons. The highest BCUT2D eigenvalue weighted by Gasteiger charge is 2.39. The van der Waals surface area contributed by atoms with Crippen LogP contribution in [0, 0.1) is 5.41 Å². The zero-order valence-corrected chi connectivity index (χ0v) is 11.8. The summed E-state index contributed by atoms with van der Waals surface area (Å²) in [7, 11) is 1.70. The molecule has 0 aliphatic carbocycles. The molecule has 0 bridgehead atoms. The maximum absolute atomic E-state index is 12.2. The Morgan fingerprint density at radius 1 is 1.26 bits per heavy atom. The van der Waals surface area contributed by atoms with Crippen LogP contribution < -0.4 is 0 Å². The normalized spacial score (nSPS) is 16.7. The number of carbonyl (C=O) groups excluding carboxylic acids is 2. The van der Waals surface area contributed by atoms with Crippen molar-refractivity contribution in [2.24, 2.45) is 5.41 Å². The van der Waals surface area contributed by atoms with Crippen LogP contribution in [-0.4, -0.2) is 59.4 Å². The van der Waals surface area contributed by atoms with Crippen molar-refractivity contribution in [2.45, 2.75) is 33.1 Å². The minimum atomic E-state index is -1.01. The lowest BCUT2D eigenvalue weighted by molar-refractivity contribution is -0.155. The van der Waals surface area contributed by atoms with E-state index in [9.17, 15) is 19.5 Å². The smallest absolute Gasteiger partial charge is 0.310 e. The molecule has 0 aromatic carbocycles. The molecule has 108 valence electrons. The Morgan fingerprint density at radius 3 is 2.26 bits per heavy atom. The maximum atomic E-state index is 12.2. The Kier molecular flexibility index (Phi) is 4.91. The average molecular weight is 270 g/mol. The molecule has 1 heterocycles. The second-order valence-electron chi connectivity index (χ2n) is 5.10. The number of nitrogens with zero attached hydrogens (tertiary/aromatic N) is 2. The summed E-state index contributed by atoms with van der Waals surface area (Å²) >= 11 is 0. The van der Waals surface area contributed by atoms with Crippen molar-refractivity contribution in [2.75, 3.05) is 26.7 Å². The minimum absolute atomic E-state index is 0.0354. The molecule has 1 fully saturated rings. The number of piperazine rings is 1. The highest BCUT2D eigenvalue weighted by atomic mass is 16.4. The Bertz CT molecular complexity index is 377. The van der Waals surface area contributed by atoms with Crippen molar-refractivity contribution >= 4 is 17.8 Å². The molecule has 6 heteroatoms. The summed E-state index contributed by atoms with van der Waals surface area (Å²) in [6, 6.07) is 0. The summed E-state index contributed by atoms with van der Waals surface area (Å²) in [5, 5.41) is 9.32. The monoisotopic (exact) mass is 270 g/mol. The zero-order valence-electron chi connectivity index (χ0n) is 11.8.